The first-order valence-electron chi connectivity index (χ1n) is 9.98. The molecule has 0 aliphatic carbocycles. The molecule has 0 atom stereocenters. The number of pyridine rings is 1. The molecule has 1 aliphatic heterocycles. The van der Waals surface area contributed by atoms with Crippen LogP contribution in [0.15, 0.2) is 23.1 Å². The van der Waals surface area contributed by atoms with Crippen LogP contribution >= 0.6 is 0 Å². The van der Waals surface area contributed by atoms with Gasteiger partial charge in [-0.2, -0.15) is 0 Å². The molecule has 150 valence electrons. The van der Waals surface area contributed by atoms with E-state index in [1.807, 2.05) is 6.07 Å². The lowest BCUT2D eigenvalue weighted by Crippen LogP contribution is -2.49. The lowest BCUT2D eigenvalue weighted by molar-refractivity contribution is -0.121. The molecule has 0 saturated carbocycles. The Bertz CT molecular complexity index is 684. The van der Waals surface area contributed by atoms with Crippen molar-refractivity contribution in [1.29, 1.82) is 0 Å². The molecule has 0 spiro atoms. The van der Waals surface area contributed by atoms with Crippen LogP contribution in [0.5, 0.6) is 0 Å². The Morgan fingerprint density at radius 3 is 2.59 bits per heavy atom. The van der Waals surface area contributed by atoms with Crippen molar-refractivity contribution < 1.29 is 9.59 Å². The molecule has 0 radical (unpaired) electrons. The number of hydrogen-bond donors (Lipinski definition) is 2. The molecule has 2 rings (SSSR count). The molecule has 27 heavy (non-hydrogen) atoms. The third-order valence-electron chi connectivity index (χ3n) is 4.73. The molecule has 3 amide bonds. The molecule has 1 aromatic heterocycles. The number of nitrogens with one attached hydrogen (secondary N) is 2. The maximum Gasteiger partial charge on any atom is 0.324 e. The topological polar surface area (TPSA) is 83.4 Å². The van der Waals surface area contributed by atoms with E-state index in [0.29, 0.717) is 24.7 Å². The van der Waals surface area contributed by atoms with Gasteiger partial charge in [-0.05, 0) is 25.5 Å². The monoisotopic (exact) mass is 376 g/mol. The quantitative estimate of drug-likeness (QED) is 0.580. The van der Waals surface area contributed by atoms with Gasteiger partial charge in [-0.3, -0.25) is 14.9 Å². The average Bonchev–Trinajstić information content (AvgIpc) is 2.62. The highest BCUT2D eigenvalue weighted by Crippen LogP contribution is 2.07. The summed E-state index contributed by atoms with van der Waals surface area (Å²) >= 11 is 0. The van der Waals surface area contributed by atoms with Crippen molar-refractivity contribution in [2.75, 3.05) is 13.1 Å². The maximum atomic E-state index is 12.6. The van der Waals surface area contributed by atoms with Crippen LogP contribution in [-0.4, -0.2) is 40.5 Å². The summed E-state index contributed by atoms with van der Waals surface area (Å²) in [6.45, 7) is 6.66. The highest BCUT2D eigenvalue weighted by Gasteiger charge is 2.23. The van der Waals surface area contributed by atoms with E-state index in [4.69, 9.17) is 0 Å². The minimum atomic E-state index is -0.423. The molecule has 1 fully saturated rings. The fraction of sp³-hybridized carbons (Fsp3) is 0.650. The number of aromatic nitrogens is 1. The van der Waals surface area contributed by atoms with E-state index in [2.05, 4.69) is 24.5 Å². The van der Waals surface area contributed by atoms with Crippen LogP contribution in [0.1, 0.15) is 57.9 Å². The van der Waals surface area contributed by atoms with Gasteiger partial charge < -0.3 is 14.8 Å². The van der Waals surface area contributed by atoms with Gasteiger partial charge >= 0.3 is 6.03 Å². The molecule has 1 aliphatic rings. The molecule has 0 aromatic carbocycles. The number of imide groups is 1. The zero-order chi connectivity index (χ0) is 19.6. The first-order valence-corrected chi connectivity index (χ1v) is 9.98. The Labute approximate surface area is 161 Å². The van der Waals surface area contributed by atoms with Gasteiger partial charge in [-0.1, -0.05) is 39.2 Å². The van der Waals surface area contributed by atoms with Crippen LogP contribution in [0.2, 0.25) is 0 Å². The highest BCUT2D eigenvalue weighted by atomic mass is 16.2. The van der Waals surface area contributed by atoms with Crippen molar-refractivity contribution in [3.05, 3.63) is 34.2 Å². The summed E-state index contributed by atoms with van der Waals surface area (Å²) in [4.78, 5) is 37.2. The fourth-order valence-electron chi connectivity index (χ4n) is 3.17. The molecular formula is C20H32N4O3. The van der Waals surface area contributed by atoms with Gasteiger partial charge in [-0.15, -0.1) is 0 Å². The van der Waals surface area contributed by atoms with E-state index in [1.165, 1.54) is 24.2 Å². The Hall–Kier alpha value is -2.15. The molecule has 0 bridgehead atoms. The predicted octanol–water partition coefficient (Wildman–Crippen LogP) is 2.24. The minimum Gasteiger partial charge on any atom is -0.319 e. The van der Waals surface area contributed by atoms with Crippen molar-refractivity contribution in [2.24, 2.45) is 0 Å². The largest absolute Gasteiger partial charge is 0.324 e. The molecular weight excluding hydrogens is 344 g/mol. The molecule has 7 heteroatoms. The van der Waals surface area contributed by atoms with E-state index >= 15 is 0 Å². The summed E-state index contributed by atoms with van der Waals surface area (Å²) in [5.41, 5.74) is 0.532. The SMILES string of the molecule is CC(C)NCCCCCCCn1cccc(CN2CCC(=O)NC2=O)c1=O. The van der Waals surface area contributed by atoms with Gasteiger partial charge in [0, 0.05) is 37.3 Å². The molecule has 7 nitrogen and oxygen atoms in total. The Kier molecular flexibility index (Phi) is 8.51. The molecule has 0 unspecified atom stereocenters. The van der Waals surface area contributed by atoms with Crippen LogP contribution in [0, 0.1) is 0 Å². The van der Waals surface area contributed by atoms with E-state index in [1.54, 1.807) is 16.8 Å². The standard InChI is InChI=1S/C20H32N4O3/c1-16(2)21-11-6-4-3-5-7-12-23-13-8-9-17(19(23)26)15-24-14-10-18(25)22-20(24)27/h8-9,13,16,21H,3-7,10-12,14-15H2,1-2H3,(H,22,25,27). The second-order valence-corrected chi connectivity index (χ2v) is 7.43. The number of carbonyl (C=O) groups is 2. The van der Waals surface area contributed by atoms with Crippen molar-refractivity contribution >= 4 is 11.9 Å². The van der Waals surface area contributed by atoms with Gasteiger partial charge in [0.2, 0.25) is 5.91 Å². The first kappa shape index (κ1) is 21.2. The zero-order valence-electron chi connectivity index (χ0n) is 16.5. The minimum absolute atomic E-state index is 0.0525. The van der Waals surface area contributed by atoms with Crippen molar-refractivity contribution in [3.8, 4) is 0 Å². The van der Waals surface area contributed by atoms with Crippen LogP contribution in [0.3, 0.4) is 0 Å². The summed E-state index contributed by atoms with van der Waals surface area (Å²) < 4.78 is 1.72. The second kappa shape index (κ2) is 10.9. The summed E-state index contributed by atoms with van der Waals surface area (Å²) in [5, 5.41) is 5.71. The van der Waals surface area contributed by atoms with E-state index in [-0.39, 0.29) is 24.4 Å². The number of aryl methyl sites for hydroxylation is 1. The average molecular weight is 377 g/mol. The summed E-state index contributed by atoms with van der Waals surface area (Å²) in [6.07, 6.45) is 7.73. The Morgan fingerprint density at radius 2 is 1.85 bits per heavy atom. The Balaban J connectivity index is 1.75. The van der Waals surface area contributed by atoms with Gasteiger partial charge in [0.05, 0.1) is 6.54 Å². The summed E-state index contributed by atoms with van der Waals surface area (Å²) in [6, 6.07) is 3.72. The number of urea groups is 1. The van der Waals surface area contributed by atoms with Gasteiger partial charge in [-0.25, -0.2) is 4.79 Å². The number of amides is 3. The predicted molar refractivity (Wildman–Crippen MR) is 105 cm³/mol. The van der Waals surface area contributed by atoms with Crippen LogP contribution in [-0.2, 0) is 17.9 Å². The highest BCUT2D eigenvalue weighted by molar-refractivity contribution is 5.96. The lowest BCUT2D eigenvalue weighted by Gasteiger charge is -2.26. The summed E-state index contributed by atoms with van der Waals surface area (Å²) in [7, 11) is 0. The van der Waals surface area contributed by atoms with E-state index in [0.717, 1.165) is 19.4 Å². The van der Waals surface area contributed by atoms with Crippen LogP contribution in [0.4, 0.5) is 4.79 Å². The first-order chi connectivity index (χ1) is 13.0. The van der Waals surface area contributed by atoms with Crippen molar-refractivity contribution in [3.63, 3.8) is 0 Å². The van der Waals surface area contributed by atoms with Crippen LogP contribution in [0.25, 0.3) is 0 Å². The number of rotatable bonds is 11. The van der Waals surface area contributed by atoms with Crippen molar-refractivity contribution in [2.45, 2.75) is 71.5 Å². The normalized spacial score (nSPS) is 14.7. The molecule has 1 aromatic rings. The molecule has 1 saturated heterocycles. The van der Waals surface area contributed by atoms with Gasteiger partial charge in [0.1, 0.15) is 0 Å². The lowest BCUT2D eigenvalue weighted by atomic mass is 10.1. The van der Waals surface area contributed by atoms with Crippen molar-refractivity contribution in [1.82, 2.24) is 20.1 Å². The number of unbranched alkanes of at least 4 members (excludes halogenated alkanes) is 4. The van der Waals surface area contributed by atoms with E-state index < -0.39 is 6.03 Å². The van der Waals surface area contributed by atoms with Gasteiger partial charge in [0.25, 0.3) is 5.56 Å². The Morgan fingerprint density at radius 1 is 1.11 bits per heavy atom. The smallest absolute Gasteiger partial charge is 0.319 e. The second-order valence-electron chi connectivity index (χ2n) is 7.43. The van der Waals surface area contributed by atoms with E-state index in [9.17, 15) is 14.4 Å². The van der Waals surface area contributed by atoms with Crippen LogP contribution < -0.4 is 16.2 Å². The summed E-state index contributed by atoms with van der Waals surface area (Å²) in [5.74, 6) is -0.262. The number of nitrogens with zero attached hydrogens (tertiary/aromatic N) is 2. The van der Waals surface area contributed by atoms with Gasteiger partial charge in [0.15, 0.2) is 0 Å². The number of hydrogen-bond acceptors (Lipinski definition) is 4. The third kappa shape index (κ3) is 7.17. The maximum absolute atomic E-state index is 12.6. The molecule has 2 N–H and O–H groups in total. The fourth-order valence-corrected chi connectivity index (χ4v) is 3.17. The number of carbonyl (C=O) groups excluding carboxylic acids is 2. The third-order valence-corrected chi connectivity index (χ3v) is 4.73. The zero-order valence-corrected chi connectivity index (χ0v) is 16.5. The molecule has 2 heterocycles.